The summed E-state index contributed by atoms with van der Waals surface area (Å²) in [5.41, 5.74) is 1.80. The molecule has 5 heteroatoms. The third-order valence-corrected chi connectivity index (χ3v) is 5.11. The highest BCUT2D eigenvalue weighted by molar-refractivity contribution is 5.98. The molecule has 3 rings (SSSR count). The highest BCUT2D eigenvalue weighted by Crippen LogP contribution is 2.28. The fourth-order valence-electron chi connectivity index (χ4n) is 3.67. The second-order valence-electron chi connectivity index (χ2n) is 6.85. The van der Waals surface area contributed by atoms with E-state index in [0.717, 1.165) is 60.9 Å². The van der Waals surface area contributed by atoms with Crippen LogP contribution in [0.25, 0.3) is 0 Å². The Morgan fingerprint density at radius 2 is 1.81 bits per heavy atom. The second-order valence-corrected chi connectivity index (χ2v) is 6.85. The predicted molar refractivity (Wildman–Crippen MR) is 105 cm³/mol. The van der Waals surface area contributed by atoms with Crippen LogP contribution >= 0.6 is 0 Å². The molecule has 0 spiro atoms. The third kappa shape index (κ3) is 4.61. The van der Waals surface area contributed by atoms with E-state index in [1.165, 1.54) is 0 Å². The number of hydrogen-bond acceptors (Lipinski definition) is 5. The first-order valence-electron chi connectivity index (χ1n) is 9.26. The molecule has 1 aliphatic heterocycles. The van der Waals surface area contributed by atoms with E-state index in [2.05, 4.69) is 4.90 Å². The third-order valence-electron chi connectivity index (χ3n) is 5.11. The Morgan fingerprint density at radius 1 is 1.04 bits per heavy atom. The second kappa shape index (κ2) is 8.91. The van der Waals surface area contributed by atoms with Crippen LogP contribution in [0.5, 0.6) is 17.2 Å². The van der Waals surface area contributed by atoms with E-state index in [4.69, 9.17) is 14.2 Å². The standard InChI is InChI=1S/C22H27NO4/c1-25-19-8-4-6-16(12-19)22(24)17-7-5-11-23(14-17)15-18-13-20(26-2)9-10-21(18)27-3/h4,6,8-10,12-13,17H,5,7,11,14-15H2,1-3H3. The SMILES string of the molecule is COc1cccc(C(=O)C2CCCN(Cc3cc(OC)ccc3OC)C2)c1. The summed E-state index contributed by atoms with van der Waals surface area (Å²) in [7, 11) is 4.96. The van der Waals surface area contributed by atoms with Crippen LogP contribution in [0.2, 0.25) is 0 Å². The topological polar surface area (TPSA) is 48.0 Å². The number of carbonyl (C=O) groups is 1. The number of ether oxygens (including phenoxy) is 3. The summed E-state index contributed by atoms with van der Waals surface area (Å²) >= 11 is 0. The van der Waals surface area contributed by atoms with Crippen LogP contribution in [0, 0.1) is 5.92 Å². The van der Waals surface area contributed by atoms with Crippen LogP contribution < -0.4 is 14.2 Å². The van der Waals surface area contributed by atoms with Gasteiger partial charge in [-0.3, -0.25) is 9.69 Å². The predicted octanol–water partition coefficient (Wildman–Crippen LogP) is 3.81. The number of benzene rings is 2. The number of carbonyl (C=O) groups excluding carboxylic acids is 1. The summed E-state index contributed by atoms with van der Waals surface area (Å²) in [5, 5.41) is 0. The van der Waals surface area contributed by atoms with Gasteiger partial charge >= 0.3 is 0 Å². The van der Waals surface area contributed by atoms with Gasteiger partial charge in [0.05, 0.1) is 21.3 Å². The lowest BCUT2D eigenvalue weighted by molar-refractivity contribution is 0.0810. The molecule has 2 aromatic carbocycles. The smallest absolute Gasteiger partial charge is 0.167 e. The van der Waals surface area contributed by atoms with Crippen molar-refractivity contribution in [2.45, 2.75) is 19.4 Å². The molecule has 0 radical (unpaired) electrons. The molecule has 1 aliphatic rings. The average molecular weight is 369 g/mol. The van der Waals surface area contributed by atoms with E-state index in [0.29, 0.717) is 0 Å². The van der Waals surface area contributed by atoms with Crippen molar-refractivity contribution in [3.8, 4) is 17.2 Å². The number of likely N-dealkylation sites (tertiary alicyclic amines) is 1. The maximum absolute atomic E-state index is 13.0. The zero-order valence-electron chi connectivity index (χ0n) is 16.2. The molecule has 144 valence electrons. The van der Waals surface area contributed by atoms with E-state index in [-0.39, 0.29) is 11.7 Å². The summed E-state index contributed by atoms with van der Waals surface area (Å²) in [5.74, 6) is 2.57. The lowest BCUT2D eigenvalue weighted by Crippen LogP contribution is -2.38. The van der Waals surface area contributed by atoms with Crippen molar-refractivity contribution >= 4 is 5.78 Å². The van der Waals surface area contributed by atoms with Crippen molar-refractivity contribution in [3.63, 3.8) is 0 Å². The molecule has 1 unspecified atom stereocenters. The normalized spacial score (nSPS) is 17.4. The maximum atomic E-state index is 13.0. The minimum Gasteiger partial charge on any atom is -0.497 e. The number of piperidine rings is 1. The van der Waals surface area contributed by atoms with Crippen molar-refractivity contribution < 1.29 is 19.0 Å². The number of hydrogen-bond donors (Lipinski definition) is 0. The van der Waals surface area contributed by atoms with Gasteiger partial charge in [-0.25, -0.2) is 0 Å². The van der Waals surface area contributed by atoms with Crippen molar-refractivity contribution in [2.24, 2.45) is 5.92 Å². The summed E-state index contributed by atoms with van der Waals surface area (Å²) in [6, 6.07) is 13.3. The van der Waals surface area contributed by atoms with Crippen molar-refractivity contribution in [1.82, 2.24) is 4.90 Å². The molecular weight excluding hydrogens is 342 g/mol. The van der Waals surface area contributed by atoms with Gasteiger partial charge < -0.3 is 14.2 Å². The van der Waals surface area contributed by atoms with Crippen molar-refractivity contribution in [1.29, 1.82) is 0 Å². The number of nitrogens with zero attached hydrogens (tertiary/aromatic N) is 1. The van der Waals surface area contributed by atoms with Gasteiger partial charge in [-0.15, -0.1) is 0 Å². The van der Waals surface area contributed by atoms with Gasteiger partial charge in [0.25, 0.3) is 0 Å². The molecule has 2 aromatic rings. The molecule has 0 aliphatic carbocycles. The summed E-state index contributed by atoms with van der Waals surface area (Å²) in [4.78, 5) is 15.3. The van der Waals surface area contributed by atoms with E-state index < -0.39 is 0 Å². The first kappa shape index (κ1) is 19.2. The molecule has 0 saturated carbocycles. The minimum absolute atomic E-state index is 0.00228. The number of Topliss-reactive ketones (excluding diaryl/α,β-unsaturated/α-hetero) is 1. The van der Waals surface area contributed by atoms with Gasteiger partial charge in [0.15, 0.2) is 5.78 Å². The lowest BCUT2D eigenvalue weighted by Gasteiger charge is -2.32. The van der Waals surface area contributed by atoms with E-state index >= 15 is 0 Å². The lowest BCUT2D eigenvalue weighted by atomic mass is 9.89. The van der Waals surface area contributed by atoms with Crippen LogP contribution in [0.1, 0.15) is 28.8 Å². The van der Waals surface area contributed by atoms with Gasteiger partial charge in [0.2, 0.25) is 0 Å². The van der Waals surface area contributed by atoms with Crippen molar-refractivity contribution in [2.75, 3.05) is 34.4 Å². The average Bonchev–Trinajstić information content (AvgIpc) is 2.73. The van der Waals surface area contributed by atoms with Gasteiger partial charge in [-0.1, -0.05) is 12.1 Å². The van der Waals surface area contributed by atoms with Crippen LogP contribution in [0.4, 0.5) is 0 Å². The molecule has 1 fully saturated rings. The molecule has 1 saturated heterocycles. The molecule has 0 bridgehead atoms. The number of methoxy groups -OCH3 is 3. The maximum Gasteiger partial charge on any atom is 0.167 e. The highest BCUT2D eigenvalue weighted by Gasteiger charge is 2.27. The van der Waals surface area contributed by atoms with E-state index in [1.807, 2.05) is 42.5 Å². The Labute approximate surface area is 160 Å². The Morgan fingerprint density at radius 3 is 2.56 bits per heavy atom. The molecule has 27 heavy (non-hydrogen) atoms. The van der Waals surface area contributed by atoms with Gasteiger partial charge in [-0.2, -0.15) is 0 Å². The molecule has 1 atom stereocenters. The summed E-state index contributed by atoms with van der Waals surface area (Å²) in [6.45, 7) is 2.46. The molecular formula is C22H27NO4. The fraction of sp³-hybridized carbons (Fsp3) is 0.409. The minimum atomic E-state index is 0.00228. The van der Waals surface area contributed by atoms with Gasteiger partial charge in [-0.05, 0) is 49.7 Å². The molecule has 5 nitrogen and oxygen atoms in total. The summed E-state index contributed by atoms with van der Waals surface area (Å²) in [6.07, 6.45) is 1.93. The Hall–Kier alpha value is -2.53. The van der Waals surface area contributed by atoms with Gasteiger partial charge in [0, 0.05) is 30.1 Å². The van der Waals surface area contributed by atoms with Crippen LogP contribution in [-0.2, 0) is 6.54 Å². The fourth-order valence-corrected chi connectivity index (χ4v) is 3.67. The Balaban J connectivity index is 1.71. The molecule has 0 amide bonds. The highest BCUT2D eigenvalue weighted by atomic mass is 16.5. The zero-order chi connectivity index (χ0) is 19.2. The quantitative estimate of drug-likeness (QED) is 0.695. The first-order chi connectivity index (χ1) is 13.1. The van der Waals surface area contributed by atoms with Crippen molar-refractivity contribution in [3.05, 3.63) is 53.6 Å². The number of ketones is 1. The number of rotatable bonds is 7. The monoisotopic (exact) mass is 369 g/mol. The van der Waals surface area contributed by atoms with Crippen LogP contribution in [0.15, 0.2) is 42.5 Å². The van der Waals surface area contributed by atoms with Crippen LogP contribution in [-0.4, -0.2) is 45.1 Å². The Kier molecular flexibility index (Phi) is 6.35. The van der Waals surface area contributed by atoms with E-state index in [9.17, 15) is 4.79 Å². The first-order valence-corrected chi connectivity index (χ1v) is 9.26. The largest absolute Gasteiger partial charge is 0.497 e. The molecule has 0 N–H and O–H groups in total. The van der Waals surface area contributed by atoms with Crippen LogP contribution in [0.3, 0.4) is 0 Å². The molecule has 0 aromatic heterocycles. The summed E-state index contributed by atoms with van der Waals surface area (Å²) < 4.78 is 16.1. The Bertz CT molecular complexity index is 790. The molecule has 1 heterocycles. The van der Waals surface area contributed by atoms with Gasteiger partial charge in [0.1, 0.15) is 17.2 Å². The zero-order valence-corrected chi connectivity index (χ0v) is 16.2. The van der Waals surface area contributed by atoms with E-state index in [1.54, 1.807) is 21.3 Å².